The lowest BCUT2D eigenvalue weighted by molar-refractivity contribution is -0.137. The summed E-state index contributed by atoms with van der Waals surface area (Å²) in [5, 5.41) is 19.4. The van der Waals surface area contributed by atoms with Crippen molar-refractivity contribution in [2.75, 3.05) is 6.61 Å². The van der Waals surface area contributed by atoms with Gasteiger partial charge in [-0.25, -0.2) is 0 Å². The van der Waals surface area contributed by atoms with Crippen molar-refractivity contribution < 1.29 is 28.1 Å². The molecule has 3 nitrogen and oxygen atoms in total. The van der Waals surface area contributed by atoms with Crippen LogP contribution in [0.2, 0.25) is 0 Å². The Morgan fingerprint density at radius 1 is 1.32 bits per heavy atom. The molecule has 0 unspecified atom stereocenters. The molecule has 1 aliphatic rings. The molecule has 1 aliphatic carbocycles. The van der Waals surface area contributed by atoms with E-state index in [-0.39, 0.29) is 24.4 Å². The van der Waals surface area contributed by atoms with Crippen molar-refractivity contribution in [1.29, 1.82) is 0 Å². The first-order valence-electron chi connectivity index (χ1n) is 7.21. The summed E-state index contributed by atoms with van der Waals surface area (Å²) in [6.45, 7) is -0.138. The van der Waals surface area contributed by atoms with Crippen molar-refractivity contribution in [2.45, 2.75) is 37.6 Å². The van der Waals surface area contributed by atoms with Gasteiger partial charge in [0.1, 0.15) is 18.5 Å². The van der Waals surface area contributed by atoms with E-state index < -0.39 is 17.8 Å². The van der Waals surface area contributed by atoms with Gasteiger partial charge in [-0.05, 0) is 31.0 Å². The molecule has 2 N–H and O–H groups in total. The molecule has 3 atom stereocenters. The van der Waals surface area contributed by atoms with Crippen LogP contribution in [0.25, 0.3) is 0 Å². The van der Waals surface area contributed by atoms with Crippen LogP contribution in [0.1, 0.15) is 24.8 Å². The molecular weight excluding hydrogens is 297 g/mol. The number of alkyl halides is 3. The van der Waals surface area contributed by atoms with Crippen LogP contribution < -0.4 is 4.74 Å². The topological polar surface area (TPSA) is 49.7 Å². The van der Waals surface area contributed by atoms with Crippen molar-refractivity contribution in [2.24, 2.45) is 5.92 Å². The van der Waals surface area contributed by atoms with Gasteiger partial charge in [-0.3, -0.25) is 0 Å². The number of halogens is 3. The molecule has 0 bridgehead atoms. The quantitative estimate of drug-likeness (QED) is 0.821. The number of aliphatic hydroxyl groups excluding tert-OH is 2. The first-order chi connectivity index (χ1) is 10.4. The Hall–Kier alpha value is -1.53. The highest BCUT2D eigenvalue weighted by molar-refractivity contribution is 5.30. The maximum atomic E-state index is 12.6. The zero-order chi connectivity index (χ0) is 16.2. The van der Waals surface area contributed by atoms with Crippen molar-refractivity contribution in [3.05, 3.63) is 42.0 Å². The smallest absolute Gasteiger partial charge is 0.416 e. The van der Waals surface area contributed by atoms with Crippen LogP contribution in [0, 0.1) is 5.92 Å². The standard InChI is InChI=1S/C16H19F3O3/c17-16(18,19)12-4-2-5-14(9-12)22-10-13(20)8-7-11-3-1-6-15(11)21/h2,4-5,7-9,11,13,15,20-21H,1,3,6,10H2/b8-7+/t11-,13+,15+/m0/s1. The van der Waals surface area contributed by atoms with Crippen LogP contribution in [0.15, 0.2) is 36.4 Å². The van der Waals surface area contributed by atoms with Crippen LogP contribution in [0.3, 0.4) is 0 Å². The molecule has 0 saturated heterocycles. The summed E-state index contributed by atoms with van der Waals surface area (Å²) in [6.07, 6.45) is 0.119. The molecule has 0 aromatic heterocycles. The largest absolute Gasteiger partial charge is 0.491 e. The summed E-state index contributed by atoms with van der Waals surface area (Å²) >= 11 is 0. The number of rotatable bonds is 5. The Kier molecular flexibility index (Phi) is 5.47. The predicted octanol–water partition coefficient (Wildman–Crippen LogP) is 3.16. The molecule has 122 valence electrons. The molecule has 2 rings (SSSR count). The number of hydrogen-bond acceptors (Lipinski definition) is 3. The van der Waals surface area contributed by atoms with Gasteiger partial charge in [-0.1, -0.05) is 24.6 Å². The van der Waals surface area contributed by atoms with Crippen LogP contribution in [-0.2, 0) is 6.18 Å². The van der Waals surface area contributed by atoms with Crippen LogP contribution in [-0.4, -0.2) is 29.0 Å². The van der Waals surface area contributed by atoms with E-state index in [4.69, 9.17) is 4.74 Å². The van der Waals surface area contributed by atoms with E-state index in [0.29, 0.717) is 0 Å². The summed E-state index contributed by atoms with van der Waals surface area (Å²) in [7, 11) is 0. The number of ether oxygens (including phenoxy) is 1. The highest BCUT2D eigenvalue weighted by Crippen LogP contribution is 2.31. The Bertz CT molecular complexity index is 514. The van der Waals surface area contributed by atoms with Crippen LogP contribution in [0.4, 0.5) is 13.2 Å². The minimum absolute atomic E-state index is 0.0307. The van der Waals surface area contributed by atoms with Gasteiger partial charge in [0, 0.05) is 5.92 Å². The summed E-state index contributed by atoms with van der Waals surface area (Å²) in [4.78, 5) is 0. The molecule has 1 aromatic rings. The van der Waals surface area contributed by atoms with Crippen LogP contribution in [0.5, 0.6) is 5.75 Å². The first kappa shape index (κ1) is 16.8. The molecule has 1 fully saturated rings. The van der Waals surface area contributed by atoms with Crippen molar-refractivity contribution in [3.63, 3.8) is 0 Å². The lowest BCUT2D eigenvalue weighted by Gasteiger charge is -2.13. The second-order valence-electron chi connectivity index (χ2n) is 5.45. The van der Waals surface area contributed by atoms with Gasteiger partial charge in [0.05, 0.1) is 11.7 Å². The van der Waals surface area contributed by atoms with Gasteiger partial charge in [-0.15, -0.1) is 0 Å². The zero-order valence-corrected chi connectivity index (χ0v) is 12.0. The van der Waals surface area contributed by atoms with E-state index >= 15 is 0 Å². The third kappa shape index (κ3) is 4.74. The first-order valence-corrected chi connectivity index (χ1v) is 7.21. The van der Waals surface area contributed by atoms with E-state index in [1.165, 1.54) is 18.2 Å². The molecule has 0 amide bonds. The van der Waals surface area contributed by atoms with E-state index in [2.05, 4.69) is 0 Å². The Labute approximate surface area is 127 Å². The Morgan fingerprint density at radius 2 is 2.09 bits per heavy atom. The van der Waals surface area contributed by atoms with E-state index in [1.54, 1.807) is 6.08 Å². The Morgan fingerprint density at radius 3 is 2.73 bits per heavy atom. The number of benzene rings is 1. The fourth-order valence-electron chi connectivity index (χ4n) is 2.46. The second-order valence-corrected chi connectivity index (χ2v) is 5.45. The molecule has 0 aliphatic heterocycles. The third-order valence-electron chi connectivity index (χ3n) is 3.69. The minimum atomic E-state index is -4.42. The van der Waals surface area contributed by atoms with Gasteiger partial charge in [0.15, 0.2) is 0 Å². The van der Waals surface area contributed by atoms with Crippen molar-refractivity contribution >= 4 is 0 Å². The average Bonchev–Trinajstić information content (AvgIpc) is 2.88. The molecule has 22 heavy (non-hydrogen) atoms. The minimum Gasteiger partial charge on any atom is -0.491 e. The SMILES string of the molecule is O[C@H](/C=C/[C@@H]1CCC[C@H]1O)COc1cccc(C(F)(F)F)c1. The van der Waals surface area contributed by atoms with Crippen LogP contribution >= 0.6 is 0 Å². The van der Waals surface area contributed by atoms with Crippen molar-refractivity contribution in [1.82, 2.24) is 0 Å². The van der Waals surface area contributed by atoms with Gasteiger partial charge in [-0.2, -0.15) is 13.2 Å². The highest BCUT2D eigenvalue weighted by Gasteiger charge is 2.30. The number of aliphatic hydroxyl groups is 2. The fourth-order valence-corrected chi connectivity index (χ4v) is 2.46. The van der Waals surface area contributed by atoms with E-state index in [1.807, 2.05) is 0 Å². The summed E-state index contributed by atoms with van der Waals surface area (Å²) in [6, 6.07) is 4.53. The molecular formula is C16H19F3O3. The normalized spacial score (nSPS) is 23.9. The average molecular weight is 316 g/mol. The molecule has 6 heteroatoms. The zero-order valence-electron chi connectivity index (χ0n) is 12.0. The molecule has 0 spiro atoms. The fraction of sp³-hybridized carbons (Fsp3) is 0.500. The lowest BCUT2D eigenvalue weighted by Crippen LogP contribution is -2.17. The maximum Gasteiger partial charge on any atom is 0.416 e. The van der Waals surface area contributed by atoms with Crippen molar-refractivity contribution in [3.8, 4) is 5.75 Å². The number of hydrogen-bond donors (Lipinski definition) is 2. The molecule has 0 radical (unpaired) electrons. The molecule has 0 heterocycles. The summed E-state index contributed by atoms with van der Waals surface area (Å²) < 4.78 is 42.9. The van der Waals surface area contributed by atoms with Gasteiger partial charge >= 0.3 is 6.18 Å². The maximum absolute atomic E-state index is 12.6. The monoisotopic (exact) mass is 316 g/mol. The lowest BCUT2D eigenvalue weighted by atomic mass is 10.1. The third-order valence-corrected chi connectivity index (χ3v) is 3.69. The van der Waals surface area contributed by atoms with Gasteiger partial charge in [0.2, 0.25) is 0 Å². The predicted molar refractivity (Wildman–Crippen MR) is 75.4 cm³/mol. The highest BCUT2D eigenvalue weighted by atomic mass is 19.4. The van der Waals surface area contributed by atoms with E-state index in [0.717, 1.165) is 31.4 Å². The Balaban J connectivity index is 1.86. The van der Waals surface area contributed by atoms with Gasteiger partial charge < -0.3 is 14.9 Å². The molecule has 1 saturated carbocycles. The summed E-state index contributed by atoms with van der Waals surface area (Å²) in [5.41, 5.74) is -0.788. The van der Waals surface area contributed by atoms with E-state index in [9.17, 15) is 23.4 Å². The molecule has 1 aromatic carbocycles. The summed E-state index contributed by atoms with van der Waals surface area (Å²) in [5.74, 6) is 0.0892. The van der Waals surface area contributed by atoms with Gasteiger partial charge in [0.25, 0.3) is 0 Å². The second kappa shape index (κ2) is 7.15.